The Hall–Kier alpha value is -4.60. The van der Waals surface area contributed by atoms with Crippen molar-refractivity contribution in [3.8, 4) is 17.0 Å². The Labute approximate surface area is 254 Å². The van der Waals surface area contributed by atoms with E-state index in [4.69, 9.17) is 14.6 Å². The van der Waals surface area contributed by atoms with Crippen LogP contribution in [0.2, 0.25) is 0 Å². The lowest BCUT2D eigenvalue weighted by molar-refractivity contribution is -0.136. The molecule has 0 bridgehead atoms. The summed E-state index contributed by atoms with van der Waals surface area (Å²) in [5.74, 6) is -2.86. The number of ether oxygens (including phenoxy) is 2. The number of amides is 1. The minimum Gasteiger partial charge on any atom is -0.497 e. The van der Waals surface area contributed by atoms with Crippen LogP contribution in [-0.4, -0.2) is 53.0 Å². The Bertz CT molecular complexity index is 1670. The van der Waals surface area contributed by atoms with Crippen LogP contribution in [0.3, 0.4) is 0 Å². The van der Waals surface area contributed by atoms with Crippen molar-refractivity contribution in [1.82, 2.24) is 14.7 Å². The smallest absolute Gasteiger partial charge is 0.341 e. The molecule has 1 amide bonds. The number of halogens is 3. The van der Waals surface area contributed by atoms with Gasteiger partial charge in [0, 0.05) is 40.8 Å². The van der Waals surface area contributed by atoms with Crippen LogP contribution >= 0.6 is 0 Å². The number of rotatable bonds is 7. The zero-order valence-electron chi connectivity index (χ0n) is 25.2. The van der Waals surface area contributed by atoms with Gasteiger partial charge in [-0.05, 0) is 55.0 Å². The van der Waals surface area contributed by atoms with Crippen molar-refractivity contribution in [2.45, 2.75) is 45.8 Å². The maximum Gasteiger partial charge on any atom is 0.341 e. The summed E-state index contributed by atoms with van der Waals surface area (Å²) in [6.45, 7) is 7.45. The maximum atomic E-state index is 14.4. The van der Waals surface area contributed by atoms with E-state index < -0.39 is 41.0 Å². The summed E-state index contributed by atoms with van der Waals surface area (Å²) in [5.41, 5.74) is 2.37. The summed E-state index contributed by atoms with van der Waals surface area (Å²) in [7, 11) is 1.58. The number of allylic oxidation sites excluding steroid dienone is 2. The fourth-order valence-corrected chi connectivity index (χ4v) is 5.66. The molecule has 2 aliphatic rings. The van der Waals surface area contributed by atoms with Crippen molar-refractivity contribution >= 4 is 17.4 Å². The molecule has 44 heavy (non-hydrogen) atoms. The van der Waals surface area contributed by atoms with Crippen LogP contribution < -0.4 is 4.74 Å². The molecule has 1 aliphatic heterocycles. The lowest BCUT2D eigenvalue weighted by Gasteiger charge is -2.31. The largest absolute Gasteiger partial charge is 0.497 e. The van der Waals surface area contributed by atoms with E-state index in [2.05, 4.69) is 0 Å². The van der Waals surface area contributed by atoms with Crippen LogP contribution in [0.25, 0.3) is 16.8 Å². The zero-order chi connectivity index (χ0) is 31.8. The Kier molecular flexibility index (Phi) is 8.54. The van der Waals surface area contributed by atoms with Gasteiger partial charge < -0.3 is 14.4 Å². The molecule has 3 aromatic rings. The molecule has 0 fully saturated rings. The third-order valence-electron chi connectivity index (χ3n) is 7.81. The minimum atomic E-state index is -1.83. The number of hydrogen-bond acceptors (Lipinski definition) is 5. The summed E-state index contributed by atoms with van der Waals surface area (Å²) in [6, 6.07) is 13.5. The molecule has 10 heteroatoms. The fraction of sp³-hybridized carbons (Fsp3) is 0.324. The molecule has 0 saturated carbocycles. The second-order valence-electron chi connectivity index (χ2n) is 11.6. The van der Waals surface area contributed by atoms with E-state index in [1.54, 1.807) is 30.8 Å². The highest BCUT2D eigenvalue weighted by Gasteiger charge is 2.41. The number of carbonyl (C=O) groups is 2. The molecule has 0 spiro atoms. The van der Waals surface area contributed by atoms with Gasteiger partial charge in [0.1, 0.15) is 28.7 Å². The van der Waals surface area contributed by atoms with Gasteiger partial charge in [0.2, 0.25) is 0 Å². The number of fused-ring (bicyclic) bond motifs is 1. The average molecular weight is 606 g/mol. The summed E-state index contributed by atoms with van der Waals surface area (Å²) < 4.78 is 55.0. The first-order valence-electron chi connectivity index (χ1n) is 14.4. The van der Waals surface area contributed by atoms with Crippen LogP contribution in [0.5, 0.6) is 5.75 Å². The van der Waals surface area contributed by atoms with Gasteiger partial charge in [-0.25, -0.2) is 18.0 Å². The van der Waals surface area contributed by atoms with Crippen LogP contribution in [-0.2, 0) is 26.3 Å². The molecular formula is C34H34F3N3O4. The van der Waals surface area contributed by atoms with E-state index in [0.29, 0.717) is 34.8 Å². The topological polar surface area (TPSA) is 73.7 Å². The molecule has 230 valence electrons. The molecule has 2 atom stereocenters. The highest BCUT2D eigenvalue weighted by molar-refractivity contribution is 6.17. The number of carbonyl (C=O) groups excluding carboxylic acids is 2. The highest BCUT2D eigenvalue weighted by atomic mass is 19.2. The highest BCUT2D eigenvalue weighted by Crippen LogP contribution is 2.42. The van der Waals surface area contributed by atoms with Crippen LogP contribution in [0.4, 0.5) is 13.2 Å². The maximum absolute atomic E-state index is 14.4. The number of hydrogen-bond donors (Lipinski definition) is 0. The van der Waals surface area contributed by atoms with Crippen molar-refractivity contribution < 1.29 is 32.2 Å². The minimum absolute atomic E-state index is 0.0120. The van der Waals surface area contributed by atoms with E-state index in [9.17, 15) is 22.8 Å². The summed E-state index contributed by atoms with van der Waals surface area (Å²) in [4.78, 5) is 28.6. The van der Waals surface area contributed by atoms with Gasteiger partial charge >= 0.3 is 5.97 Å². The third-order valence-corrected chi connectivity index (χ3v) is 7.81. The summed E-state index contributed by atoms with van der Waals surface area (Å²) in [5, 5.41) is 4.92. The normalized spacial score (nSPS) is 19.3. The molecule has 5 rings (SSSR count). The molecule has 0 N–H and O–H groups in total. The average Bonchev–Trinajstić information content (AvgIpc) is 3.32. The first kappa shape index (κ1) is 30.8. The lowest BCUT2D eigenvalue weighted by atomic mass is 9.80. The number of esters is 1. The standard InChI is InChI=1S/C34H34F3N3O4/c1-6-44-33(42)26-18-39(32(41)23-15-20(2)29(37)27(36)16-23)19-34(3,4)28-30(26)38-40(17-21-7-13-25(43-5)14-8-21)31(28)22-9-11-24(35)12-10-22/h7-16,18,20,29H,6,17,19H2,1-5H3. The molecule has 2 aromatic carbocycles. The number of nitrogens with zero attached hydrogens (tertiary/aromatic N) is 3. The molecule has 2 heterocycles. The predicted octanol–water partition coefficient (Wildman–Crippen LogP) is 6.54. The molecule has 0 saturated heterocycles. The van der Waals surface area contributed by atoms with E-state index in [-0.39, 0.29) is 24.3 Å². The van der Waals surface area contributed by atoms with Crippen molar-refractivity contribution in [2.75, 3.05) is 20.3 Å². The van der Waals surface area contributed by atoms with Crippen LogP contribution in [0, 0.1) is 11.7 Å². The molecule has 1 aliphatic carbocycles. The van der Waals surface area contributed by atoms with Gasteiger partial charge in [0.05, 0.1) is 26.0 Å². The van der Waals surface area contributed by atoms with E-state index >= 15 is 0 Å². The molecule has 7 nitrogen and oxygen atoms in total. The molecular weight excluding hydrogens is 571 g/mol. The van der Waals surface area contributed by atoms with Gasteiger partial charge in [-0.15, -0.1) is 0 Å². The number of methoxy groups -OCH3 is 1. The Morgan fingerprint density at radius 3 is 2.36 bits per heavy atom. The molecule has 1 aromatic heterocycles. The monoisotopic (exact) mass is 605 g/mol. The number of alkyl halides is 1. The lowest BCUT2D eigenvalue weighted by Crippen LogP contribution is -2.38. The van der Waals surface area contributed by atoms with E-state index in [1.807, 2.05) is 38.1 Å². The molecule has 2 unspecified atom stereocenters. The fourth-order valence-electron chi connectivity index (χ4n) is 5.66. The van der Waals surface area contributed by atoms with Crippen molar-refractivity contribution in [1.29, 1.82) is 0 Å². The first-order valence-corrected chi connectivity index (χ1v) is 14.4. The van der Waals surface area contributed by atoms with Crippen molar-refractivity contribution in [3.63, 3.8) is 0 Å². The zero-order valence-corrected chi connectivity index (χ0v) is 25.2. The number of benzene rings is 2. The van der Waals surface area contributed by atoms with Crippen LogP contribution in [0.15, 0.2) is 78.3 Å². The second kappa shape index (κ2) is 12.2. The van der Waals surface area contributed by atoms with Crippen LogP contribution in [0.1, 0.15) is 44.5 Å². The first-order chi connectivity index (χ1) is 20.9. The Balaban J connectivity index is 1.69. The van der Waals surface area contributed by atoms with Gasteiger partial charge in [0.15, 0.2) is 6.17 Å². The summed E-state index contributed by atoms with van der Waals surface area (Å²) in [6.07, 6.45) is 1.85. The Morgan fingerprint density at radius 2 is 1.75 bits per heavy atom. The van der Waals surface area contributed by atoms with Gasteiger partial charge in [-0.3, -0.25) is 9.48 Å². The van der Waals surface area contributed by atoms with Gasteiger partial charge in [-0.1, -0.05) is 39.0 Å². The molecule has 0 radical (unpaired) electrons. The Morgan fingerprint density at radius 1 is 1.07 bits per heavy atom. The second-order valence-corrected chi connectivity index (χ2v) is 11.6. The van der Waals surface area contributed by atoms with Gasteiger partial charge in [0.25, 0.3) is 5.91 Å². The predicted molar refractivity (Wildman–Crippen MR) is 160 cm³/mol. The third kappa shape index (κ3) is 5.93. The van der Waals surface area contributed by atoms with Crippen molar-refractivity contribution in [2.24, 2.45) is 5.92 Å². The summed E-state index contributed by atoms with van der Waals surface area (Å²) >= 11 is 0. The van der Waals surface area contributed by atoms with E-state index in [1.165, 1.54) is 36.2 Å². The number of aromatic nitrogens is 2. The quantitative estimate of drug-likeness (QED) is 0.286. The van der Waals surface area contributed by atoms with E-state index in [0.717, 1.165) is 11.6 Å². The van der Waals surface area contributed by atoms with Crippen molar-refractivity contribution in [3.05, 3.63) is 101 Å². The SMILES string of the molecule is CCOC(=O)C1=CN(C(=O)C2=CC(C)C(F)C(F)=C2)CC(C)(C)c2c1nn(Cc1ccc(OC)cc1)c2-c1ccc(F)cc1. The van der Waals surface area contributed by atoms with Gasteiger partial charge in [-0.2, -0.15) is 5.10 Å².